The number of rotatable bonds is 4. The van der Waals surface area contributed by atoms with Crippen LogP contribution in [-0.2, 0) is 6.54 Å². The molecule has 2 aromatic rings. The molecule has 0 aliphatic heterocycles. The molecule has 5 heteroatoms. The molecule has 0 unspecified atom stereocenters. The van der Waals surface area contributed by atoms with Gasteiger partial charge in [-0.2, -0.15) is 5.10 Å². The van der Waals surface area contributed by atoms with Crippen LogP contribution >= 0.6 is 15.9 Å². The molecule has 0 aliphatic carbocycles. The summed E-state index contributed by atoms with van der Waals surface area (Å²) in [6.07, 6.45) is 1.60. The molecule has 1 aromatic heterocycles. The Labute approximate surface area is 120 Å². The molecule has 1 N–H and O–H groups in total. The largest absolute Gasteiger partial charge is 0.478 e. The minimum absolute atomic E-state index is 0.235. The van der Waals surface area contributed by atoms with Gasteiger partial charge in [-0.3, -0.25) is 4.68 Å². The van der Waals surface area contributed by atoms with Crippen molar-refractivity contribution in [1.82, 2.24) is 9.78 Å². The molecule has 19 heavy (non-hydrogen) atoms. The van der Waals surface area contributed by atoms with E-state index in [1.54, 1.807) is 10.9 Å². The van der Waals surface area contributed by atoms with E-state index in [0.29, 0.717) is 18.2 Å². The van der Waals surface area contributed by atoms with E-state index in [1.807, 2.05) is 24.3 Å². The number of hydrogen-bond donors (Lipinski definition) is 1. The zero-order valence-corrected chi connectivity index (χ0v) is 12.4. The predicted molar refractivity (Wildman–Crippen MR) is 77.2 cm³/mol. The van der Waals surface area contributed by atoms with Crippen molar-refractivity contribution in [1.29, 1.82) is 0 Å². The Morgan fingerprint density at radius 3 is 2.79 bits per heavy atom. The number of benzene rings is 1. The van der Waals surface area contributed by atoms with Crippen LogP contribution in [0, 0.1) is 5.92 Å². The number of aromatic carboxylic acids is 1. The normalized spacial score (nSPS) is 10.9. The van der Waals surface area contributed by atoms with Crippen LogP contribution in [0.15, 0.2) is 34.9 Å². The Morgan fingerprint density at radius 1 is 1.47 bits per heavy atom. The number of halogens is 1. The molecule has 4 nitrogen and oxygen atoms in total. The second-order valence-corrected chi connectivity index (χ2v) is 5.74. The Balaban J connectivity index is 2.49. The average molecular weight is 323 g/mol. The number of hydrogen-bond acceptors (Lipinski definition) is 2. The van der Waals surface area contributed by atoms with Gasteiger partial charge in [0.1, 0.15) is 11.3 Å². The van der Waals surface area contributed by atoms with Gasteiger partial charge in [-0.15, -0.1) is 0 Å². The van der Waals surface area contributed by atoms with Gasteiger partial charge in [0.25, 0.3) is 0 Å². The van der Waals surface area contributed by atoms with Crippen molar-refractivity contribution in [2.45, 2.75) is 20.4 Å². The maximum Gasteiger partial charge on any atom is 0.339 e. The molecule has 0 saturated carbocycles. The minimum atomic E-state index is -0.954. The van der Waals surface area contributed by atoms with Crippen LogP contribution in [0.1, 0.15) is 24.2 Å². The molecular formula is C14H15BrN2O2. The maximum atomic E-state index is 11.3. The summed E-state index contributed by atoms with van der Waals surface area (Å²) in [6, 6.07) is 7.50. The number of nitrogens with zero attached hydrogens (tertiary/aromatic N) is 2. The highest BCUT2D eigenvalue weighted by atomic mass is 79.9. The van der Waals surface area contributed by atoms with Gasteiger partial charge in [0.2, 0.25) is 0 Å². The van der Waals surface area contributed by atoms with Crippen molar-refractivity contribution in [3.8, 4) is 11.3 Å². The molecule has 0 amide bonds. The van der Waals surface area contributed by atoms with Crippen LogP contribution < -0.4 is 0 Å². The summed E-state index contributed by atoms with van der Waals surface area (Å²) in [6.45, 7) is 4.84. The van der Waals surface area contributed by atoms with Crippen LogP contribution in [0.5, 0.6) is 0 Å². The summed E-state index contributed by atoms with van der Waals surface area (Å²) < 4.78 is 2.60. The van der Waals surface area contributed by atoms with Gasteiger partial charge < -0.3 is 5.11 Å². The van der Waals surface area contributed by atoms with E-state index < -0.39 is 5.97 Å². The second-order valence-electron chi connectivity index (χ2n) is 4.82. The van der Waals surface area contributed by atoms with E-state index in [-0.39, 0.29) is 5.56 Å². The lowest BCUT2D eigenvalue weighted by molar-refractivity contribution is 0.0697. The van der Waals surface area contributed by atoms with Crippen LogP contribution in [0.25, 0.3) is 11.3 Å². The number of aromatic nitrogens is 2. The van der Waals surface area contributed by atoms with Gasteiger partial charge in [0.05, 0.1) is 0 Å². The van der Waals surface area contributed by atoms with Gasteiger partial charge in [0.15, 0.2) is 0 Å². The van der Waals surface area contributed by atoms with Crippen molar-refractivity contribution in [2.75, 3.05) is 0 Å². The van der Waals surface area contributed by atoms with Gasteiger partial charge in [-0.1, -0.05) is 41.9 Å². The number of carboxylic acid groups (broad SMARTS) is 1. The fraction of sp³-hybridized carbons (Fsp3) is 0.286. The lowest BCUT2D eigenvalue weighted by atomic mass is 10.1. The first kappa shape index (κ1) is 13.8. The van der Waals surface area contributed by atoms with E-state index in [2.05, 4.69) is 34.9 Å². The highest BCUT2D eigenvalue weighted by molar-refractivity contribution is 9.10. The quantitative estimate of drug-likeness (QED) is 0.934. The summed E-state index contributed by atoms with van der Waals surface area (Å²) in [5, 5.41) is 13.7. The van der Waals surface area contributed by atoms with E-state index in [4.69, 9.17) is 0 Å². The second kappa shape index (κ2) is 5.57. The number of carboxylic acids is 1. The van der Waals surface area contributed by atoms with Gasteiger partial charge >= 0.3 is 5.97 Å². The fourth-order valence-corrected chi connectivity index (χ4v) is 2.29. The summed E-state index contributed by atoms with van der Waals surface area (Å²) >= 11 is 3.39. The van der Waals surface area contributed by atoms with Gasteiger partial charge in [-0.05, 0) is 18.1 Å². The molecule has 0 atom stereocenters. The highest BCUT2D eigenvalue weighted by Crippen LogP contribution is 2.25. The smallest absolute Gasteiger partial charge is 0.339 e. The van der Waals surface area contributed by atoms with Crippen LogP contribution in [0.2, 0.25) is 0 Å². The van der Waals surface area contributed by atoms with Crippen molar-refractivity contribution in [2.24, 2.45) is 5.92 Å². The third kappa shape index (κ3) is 3.23. The lowest BCUT2D eigenvalue weighted by Crippen LogP contribution is -2.04. The van der Waals surface area contributed by atoms with Crippen molar-refractivity contribution in [3.05, 3.63) is 40.5 Å². The topological polar surface area (TPSA) is 55.1 Å². The van der Waals surface area contributed by atoms with Crippen LogP contribution in [0.3, 0.4) is 0 Å². The third-order valence-electron chi connectivity index (χ3n) is 2.64. The Kier molecular flexibility index (Phi) is 4.04. The third-order valence-corrected chi connectivity index (χ3v) is 3.14. The number of carbonyl (C=O) groups is 1. The fourth-order valence-electron chi connectivity index (χ4n) is 1.89. The molecule has 0 saturated heterocycles. The summed E-state index contributed by atoms with van der Waals surface area (Å²) in [5.41, 5.74) is 1.54. The molecule has 0 spiro atoms. The summed E-state index contributed by atoms with van der Waals surface area (Å²) in [5.74, 6) is -0.540. The van der Waals surface area contributed by atoms with E-state index in [1.165, 1.54) is 0 Å². The molecule has 0 aliphatic rings. The minimum Gasteiger partial charge on any atom is -0.478 e. The van der Waals surface area contributed by atoms with Crippen molar-refractivity contribution >= 4 is 21.9 Å². The first-order valence-corrected chi connectivity index (χ1v) is 6.83. The zero-order chi connectivity index (χ0) is 14.0. The SMILES string of the molecule is CC(C)Cn1cc(C(=O)O)c(-c2cccc(Br)c2)n1. The zero-order valence-electron chi connectivity index (χ0n) is 10.8. The monoisotopic (exact) mass is 322 g/mol. The average Bonchev–Trinajstić information content (AvgIpc) is 2.72. The molecule has 0 radical (unpaired) electrons. The molecule has 0 fully saturated rings. The molecule has 0 bridgehead atoms. The van der Waals surface area contributed by atoms with Gasteiger partial charge in [0, 0.05) is 22.8 Å². The van der Waals surface area contributed by atoms with Gasteiger partial charge in [-0.25, -0.2) is 4.79 Å². The van der Waals surface area contributed by atoms with E-state index in [9.17, 15) is 9.90 Å². The maximum absolute atomic E-state index is 11.3. The molecule has 100 valence electrons. The van der Waals surface area contributed by atoms with Crippen LogP contribution in [0.4, 0.5) is 0 Å². The molecule has 2 rings (SSSR count). The molecule has 1 aromatic carbocycles. The summed E-state index contributed by atoms with van der Waals surface area (Å²) in [4.78, 5) is 11.3. The Hall–Kier alpha value is -1.62. The van der Waals surface area contributed by atoms with Crippen molar-refractivity contribution < 1.29 is 9.90 Å². The first-order chi connectivity index (χ1) is 8.97. The standard InChI is InChI=1S/C14H15BrN2O2/c1-9(2)7-17-8-12(14(18)19)13(16-17)10-4-3-5-11(15)6-10/h3-6,8-9H,7H2,1-2H3,(H,18,19). The Morgan fingerprint density at radius 2 is 2.21 bits per heavy atom. The Bertz CT molecular complexity index is 605. The van der Waals surface area contributed by atoms with E-state index >= 15 is 0 Å². The van der Waals surface area contributed by atoms with Crippen LogP contribution in [-0.4, -0.2) is 20.9 Å². The lowest BCUT2D eigenvalue weighted by Gasteiger charge is -2.03. The van der Waals surface area contributed by atoms with Crippen molar-refractivity contribution in [3.63, 3.8) is 0 Å². The van der Waals surface area contributed by atoms with E-state index in [0.717, 1.165) is 10.0 Å². The first-order valence-electron chi connectivity index (χ1n) is 6.04. The molecule has 1 heterocycles. The predicted octanol–water partition coefficient (Wildman–Crippen LogP) is 3.67. The summed E-state index contributed by atoms with van der Waals surface area (Å²) in [7, 11) is 0. The molecular weight excluding hydrogens is 308 g/mol. The highest BCUT2D eigenvalue weighted by Gasteiger charge is 2.17.